The van der Waals surface area contributed by atoms with Gasteiger partial charge in [-0.05, 0) is 38.0 Å². The molecule has 7 nitrogen and oxygen atoms in total. The van der Waals surface area contributed by atoms with Gasteiger partial charge in [0.25, 0.3) is 15.9 Å². The van der Waals surface area contributed by atoms with Crippen molar-refractivity contribution in [1.82, 2.24) is 8.87 Å². The Bertz CT molecular complexity index is 1370. The average molecular weight is 536 g/mol. The zero-order valence-corrected chi connectivity index (χ0v) is 20.7. The molecule has 0 radical (unpaired) electrons. The summed E-state index contributed by atoms with van der Waals surface area (Å²) in [6.45, 7) is 2.89. The van der Waals surface area contributed by atoms with E-state index in [1.807, 2.05) is 6.92 Å². The summed E-state index contributed by atoms with van der Waals surface area (Å²) in [5, 5.41) is 0. The molecule has 3 heterocycles. The third-order valence-corrected chi connectivity index (χ3v) is 9.80. The molecule has 0 aliphatic carbocycles. The van der Waals surface area contributed by atoms with E-state index in [2.05, 4.69) is 4.99 Å². The van der Waals surface area contributed by atoms with Gasteiger partial charge in [0, 0.05) is 25.8 Å². The van der Waals surface area contributed by atoms with Crippen LogP contribution in [0, 0.1) is 11.6 Å². The number of carbonyl (C=O) groups excluding carboxylic acids is 1. The molecule has 0 spiro atoms. The Morgan fingerprint density at radius 1 is 1.30 bits per heavy atom. The van der Waals surface area contributed by atoms with Gasteiger partial charge in [-0.15, -0.1) is 11.3 Å². The fraction of sp³-hybridized carbons (Fsp3) is 0.400. The fourth-order valence-electron chi connectivity index (χ4n) is 3.72. The van der Waals surface area contributed by atoms with Gasteiger partial charge in [-0.25, -0.2) is 17.2 Å². The summed E-state index contributed by atoms with van der Waals surface area (Å²) in [7, 11) is -3.92. The minimum Gasteiger partial charge on any atom is -0.380 e. The zero-order chi connectivity index (χ0) is 23.8. The Labute approximate surface area is 201 Å². The first-order valence-electron chi connectivity index (χ1n) is 10.1. The zero-order valence-electron chi connectivity index (χ0n) is 17.5. The molecule has 4 rings (SSSR count). The molecule has 1 aliphatic rings. The lowest BCUT2D eigenvalue weighted by molar-refractivity contribution is -0.121. The summed E-state index contributed by atoms with van der Waals surface area (Å²) in [4.78, 5) is 17.4. The summed E-state index contributed by atoms with van der Waals surface area (Å²) in [5.74, 6) is -2.17. The van der Waals surface area contributed by atoms with Crippen molar-refractivity contribution >= 4 is 60.4 Å². The lowest BCUT2D eigenvalue weighted by Crippen LogP contribution is -2.40. The number of ether oxygens (including phenoxy) is 1. The van der Waals surface area contributed by atoms with Crippen LogP contribution in [0.2, 0.25) is 4.34 Å². The molecular formula is C20H20ClF2N3O4S3. The van der Waals surface area contributed by atoms with E-state index in [0.29, 0.717) is 28.5 Å². The van der Waals surface area contributed by atoms with E-state index in [1.165, 1.54) is 22.8 Å². The maximum absolute atomic E-state index is 14.6. The van der Waals surface area contributed by atoms with Gasteiger partial charge >= 0.3 is 0 Å². The Hall–Kier alpha value is -1.70. The summed E-state index contributed by atoms with van der Waals surface area (Å²) >= 11 is 7.77. The number of halogens is 3. The Morgan fingerprint density at radius 2 is 2.09 bits per heavy atom. The molecule has 178 valence electrons. The Kier molecular flexibility index (Phi) is 7.32. The molecule has 1 unspecified atom stereocenters. The van der Waals surface area contributed by atoms with Crippen LogP contribution in [0.4, 0.5) is 8.78 Å². The van der Waals surface area contributed by atoms with E-state index < -0.39 is 33.6 Å². The number of sulfonamides is 1. The summed E-state index contributed by atoms with van der Waals surface area (Å²) in [5.41, 5.74) is 0.122. The number of aromatic nitrogens is 1. The molecule has 0 saturated carbocycles. The minimum absolute atomic E-state index is 0.0541. The van der Waals surface area contributed by atoms with Gasteiger partial charge in [-0.3, -0.25) is 4.79 Å². The smallest absolute Gasteiger partial charge is 0.266 e. The van der Waals surface area contributed by atoms with Crippen LogP contribution in [0.15, 0.2) is 33.5 Å². The maximum Gasteiger partial charge on any atom is 0.266 e. The van der Waals surface area contributed by atoms with Crippen molar-refractivity contribution < 1.29 is 26.7 Å². The van der Waals surface area contributed by atoms with Gasteiger partial charge in [-0.1, -0.05) is 22.9 Å². The first kappa shape index (κ1) is 24.4. The lowest BCUT2D eigenvalue weighted by atomic mass is 10.2. The van der Waals surface area contributed by atoms with E-state index in [4.69, 9.17) is 16.3 Å². The SMILES string of the molecule is CCOCCn1c(=NC(=O)C2CCCN2S(=O)(=O)c2ccc(Cl)s2)sc2cc(F)cc(F)c21. The van der Waals surface area contributed by atoms with Crippen LogP contribution < -0.4 is 4.80 Å². The first-order chi connectivity index (χ1) is 15.7. The number of benzene rings is 1. The Morgan fingerprint density at radius 3 is 2.79 bits per heavy atom. The van der Waals surface area contributed by atoms with Crippen LogP contribution >= 0.6 is 34.3 Å². The van der Waals surface area contributed by atoms with E-state index >= 15 is 0 Å². The van der Waals surface area contributed by atoms with Crippen molar-refractivity contribution in [3.8, 4) is 0 Å². The third kappa shape index (κ3) is 4.91. The molecule has 2 aromatic heterocycles. The van der Waals surface area contributed by atoms with Crippen molar-refractivity contribution in [3.63, 3.8) is 0 Å². The molecule has 0 N–H and O–H groups in total. The van der Waals surface area contributed by atoms with Crippen LogP contribution in [0.1, 0.15) is 19.8 Å². The lowest BCUT2D eigenvalue weighted by Gasteiger charge is -2.20. The molecule has 1 aromatic carbocycles. The standard InChI is InChI=1S/C20H20ClF2N3O4S3/c1-2-30-9-8-25-18-13(23)10-12(22)11-15(18)31-20(25)24-19(27)14-4-3-7-26(14)33(28,29)17-6-5-16(21)32-17/h5-6,10-11,14H,2-4,7-9H2,1H3. The number of carbonyl (C=O) groups is 1. The van der Waals surface area contributed by atoms with Crippen molar-refractivity contribution in [2.75, 3.05) is 19.8 Å². The number of nitrogens with zero attached hydrogens (tertiary/aromatic N) is 3. The normalized spacial score (nSPS) is 17.9. The second-order valence-corrected chi connectivity index (χ2v) is 12.1. The van der Waals surface area contributed by atoms with Gasteiger partial charge in [0.05, 0.1) is 21.2 Å². The predicted molar refractivity (Wildman–Crippen MR) is 123 cm³/mol. The number of fused-ring (bicyclic) bond motifs is 1. The summed E-state index contributed by atoms with van der Waals surface area (Å²) in [6, 6.07) is 3.86. The highest BCUT2D eigenvalue weighted by Crippen LogP contribution is 2.32. The number of thiazole rings is 1. The summed E-state index contributed by atoms with van der Waals surface area (Å²) < 4.78 is 63.1. The van der Waals surface area contributed by atoms with Gasteiger partial charge in [0.2, 0.25) is 0 Å². The van der Waals surface area contributed by atoms with Crippen molar-refractivity contribution in [3.05, 3.63) is 45.0 Å². The third-order valence-electron chi connectivity index (χ3n) is 5.16. The highest BCUT2D eigenvalue weighted by atomic mass is 35.5. The van der Waals surface area contributed by atoms with Gasteiger partial charge < -0.3 is 9.30 Å². The molecule has 0 bridgehead atoms. The highest BCUT2D eigenvalue weighted by Gasteiger charge is 2.40. The quantitative estimate of drug-likeness (QED) is 0.428. The van der Waals surface area contributed by atoms with Gasteiger partial charge in [0.15, 0.2) is 10.6 Å². The second kappa shape index (κ2) is 9.88. The number of hydrogen-bond donors (Lipinski definition) is 0. The van der Waals surface area contributed by atoms with Crippen LogP contribution in [0.25, 0.3) is 10.2 Å². The van der Waals surface area contributed by atoms with Crippen LogP contribution in [0.5, 0.6) is 0 Å². The number of hydrogen-bond acceptors (Lipinski definition) is 6. The predicted octanol–water partition coefficient (Wildman–Crippen LogP) is 4.01. The molecule has 1 saturated heterocycles. The van der Waals surface area contributed by atoms with Crippen LogP contribution in [-0.2, 0) is 26.1 Å². The molecule has 3 aromatic rings. The molecule has 33 heavy (non-hydrogen) atoms. The molecule has 1 aliphatic heterocycles. The number of thiophene rings is 1. The fourth-order valence-corrected chi connectivity index (χ4v) is 8.08. The average Bonchev–Trinajstić information content (AvgIpc) is 3.47. The first-order valence-corrected chi connectivity index (χ1v) is 13.6. The van der Waals surface area contributed by atoms with E-state index in [1.54, 1.807) is 0 Å². The number of amides is 1. The van der Waals surface area contributed by atoms with Gasteiger partial charge in [-0.2, -0.15) is 9.30 Å². The monoisotopic (exact) mass is 535 g/mol. The van der Waals surface area contributed by atoms with Crippen molar-refractivity contribution in [1.29, 1.82) is 0 Å². The molecule has 1 amide bonds. The van der Waals surface area contributed by atoms with E-state index in [9.17, 15) is 22.0 Å². The van der Waals surface area contributed by atoms with Crippen LogP contribution in [-0.4, -0.2) is 49.0 Å². The van der Waals surface area contributed by atoms with Crippen molar-refractivity contribution in [2.45, 2.75) is 36.6 Å². The highest BCUT2D eigenvalue weighted by molar-refractivity contribution is 7.91. The largest absolute Gasteiger partial charge is 0.380 e. The summed E-state index contributed by atoms with van der Waals surface area (Å²) in [6.07, 6.45) is 0.814. The van der Waals surface area contributed by atoms with E-state index in [-0.39, 0.29) is 34.2 Å². The van der Waals surface area contributed by atoms with Crippen LogP contribution in [0.3, 0.4) is 0 Å². The van der Waals surface area contributed by atoms with Gasteiger partial charge in [0.1, 0.15) is 16.1 Å². The maximum atomic E-state index is 14.6. The molecule has 1 fully saturated rings. The van der Waals surface area contributed by atoms with Crippen molar-refractivity contribution in [2.24, 2.45) is 4.99 Å². The number of rotatable bonds is 7. The molecule has 13 heteroatoms. The minimum atomic E-state index is -3.92. The second-order valence-electron chi connectivity index (χ2n) is 7.25. The van der Waals surface area contributed by atoms with E-state index in [0.717, 1.165) is 33.0 Å². The molecular weight excluding hydrogens is 516 g/mol. The Balaban J connectivity index is 1.73. The topological polar surface area (TPSA) is 81.0 Å². The molecule has 1 atom stereocenters.